The lowest BCUT2D eigenvalue weighted by atomic mass is 9.45. The fourth-order valence-electron chi connectivity index (χ4n) is 8.11. The van der Waals surface area contributed by atoms with Crippen LogP contribution in [-0.4, -0.2) is 5.78 Å². The number of nitrogens with zero attached hydrogens (tertiary/aromatic N) is 1. The van der Waals surface area contributed by atoms with Gasteiger partial charge in [0, 0.05) is 18.3 Å². The first-order valence-corrected chi connectivity index (χ1v) is 12.9. The Hall–Kier alpha value is -1.36. The van der Waals surface area contributed by atoms with Gasteiger partial charge >= 0.3 is 0 Å². The third-order valence-corrected chi connectivity index (χ3v) is 10.7. The molecule has 0 heterocycles. The molecule has 0 radical (unpaired) electrons. The molecule has 4 aliphatic carbocycles. The van der Waals surface area contributed by atoms with Gasteiger partial charge in [-0.25, -0.2) is 0 Å². The number of carbonyl (C=O) groups is 1. The van der Waals surface area contributed by atoms with E-state index in [1.807, 2.05) is 0 Å². The standard InChI is InChI=1S/C29H43NO/c1-19(2)20(3)7-8-21(4)24-9-10-25-23-12-16-29(18-30)17-22(31)11-15-28(29,6)26(23)13-14-27(24,25)5/h7-8,19-21,24-25H,9-17H2,1-6H3/b8-7+/t20-,21+,24+,25?,27+,28+,29-/m0/s1. The highest BCUT2D eigenvalue weighted by molar-refractivity contribution is 5.81. The average Bonchev–Trinajstić information content (AvgIpc) is 3.09. The molecule has 2 heteroatoms. The van der Waals surface area contributed by atoms with Crippen LogP contribution in [0.15, 0.2) is 23.3 Å². The second-order valence-electron chi connectivity index (χ2n) is 12.3. The van der Waals surface area contributed by atoms with Crippen molar-refractivity contribution in [2.24, 2.45) is 45.8 Å². The Morgan fingerprint density at radius 1 is 1.00 bits per heavy atom. The number of ketones is 1. The van der Waals surface area contributed by atoms with Crippen molar-refractivity contribution in [1.82, 2.24) is 0 Å². The van der Waals surface area contributed by atoms with Crippen molar-refractivity contribution >= 4 is 5.78 Å². The first-order chi connectivity index (χ1) is 14.6. The van der Waals surface area contributed by atoms with E-state index in [0.29, 0.717) is 47.7 Å². The lowest BCUT2D eigenvalue weighted by Gasteiger charge is -2.57. The zero-order valence-corrected chi connectivity index (χ0v) is 20.8. The SMILES string of the molecule is CC(C)[C@@H](C)/C=C/[C@@H](C)[C@H]1CCC2C3=C(CC[C@@]21C)[C@@]1(C)CCC(=O)C[C@]1(C#N)CC3. The lowest BCUT2D eigenvalue weighted by molar-refractivity contribution is -0.127. The fraction of sp³-hybridized carbons (Fsp3) is 0.793. The summed E-state index contributed by atoms with van der Waals surface area (Å²) in [5.41, 5.74) is 3.17. The molecule has 0 aromatic carbocycles. The second-order valence-corrected chi connectivity index (χ2v) is 12.3. The summed E-state index contributed by atoms with van der Waals surface area (Å²) in [5.74, 6) is 3.71. The van der Waals surface area contributed by atoms with Gasteiger partial charge in [0.25, 0.3) is 0 Å². The molecular formula is C29H43NO. The highest BCUT2D eigenvalue weighted by Gasteiger charge is 2.60. The molecule has 170 valence electrons. The average molecular weight is 422 g/mol. The second kappa shape index (κ2) is 7.90. The molecule has 2 nitrogen and oxygen atoms in total. The van der Waals surface area contributed by atoms with E-state index in [0.717, 1.165) is 31.6 Å². The monoisotopic (exact) mass is 421 g/mol. The molecule has 0 aromatic rings. The van der Waals surface area contributed by atoms with Gasteiger partial charge in [-0.2, -0.15) is 5.26 Å². The lowest BCUT2D eigenvalue weighted by Crippen LogP contribution is -2.51. The Bertz CT molecular complexity index is 843. The van der Waals surface area contributed by atoms with Gasteiger partial charge in [0.2, 0.25) is 0 Å². The van der Waals surface area contributed by atoms with E-state index < -0.39 is 5.41 Å². The van der Waals surface area contributed by atoms with Gasteiger partial charge < -0.3 is 0 Å². The van der Waals surface area contributed by atoms with Crippen LogP contribution in [0.25, 0.3) is 0 Å². The minimum Gasteiger partial charge on any atom is -0.300 e. The van der Waals surface area contributed by atoms with Crippen LogP contribution < -0.4 is 0 Å². The van der Waals surface area contributed by atoms with Crippen LogP contribution in [0.5, 0.6) is 0 Å². The summed E-state index contributed by atoms with van der Waals surface area (Å²) in [6.45, 7) is 14.3. The molecule has 31 heavy (non-hydrogen) atoms. The molecule has 4 aliphatic rings. The van der Waals surface area contributed by atoms with Gasteiger partial charge in [0.05, 0.1) is 11.5 Å². The molecule has 2 saturated carbocycles. The van der Waals surface area contributed by atoms with E-state index in [-0.39, 0.29) is 5.41 Å². The highest BCUT2D eigenvalue weighted by atomic mass is 16.1. The third kappa shape index (κ3) is 3.37. The van der Waals surface area contributed by atoms with Crippen LogP contribution >= 0.6 is 0 Å². The number of fused-ring (bicyclic) bond motifs is 4. The zero-order chi connectivity index (χ0) is 22.6. The number of hydrogen-bond donors (Lipinski definition) is 0. The number of nitriles is 1. The van der Waals surface area contributed by atoms with Gasteiger partial charge in [-0.05, 0) is 80.0 Å². The third-order valence-electron chi connectivity index (χ3n) is 10.7. The predicted molar refractivity (Wildman–Crippen MR) is 127 cm³/mol. The molecule has 0 saturated heterocycles. The van der Waals surface area contributed by atoms with Crippen molar-refractivity contribution in [2.45, 2.75) is 99.3 Å². The quantitative estimate of drug-likeness (QED) is 0.437. The summed E-state index contributed by atoms with van der Waals surface area (Å²) < 4.78 is 0. The van der Waals surface area contributed by atoms with E-state index in [9.17, 15) is 10.1 Å². The zero-order valence-electron chi connectivity index (χ0n) is 20.8. The Morgan fingerprint density at radius 3 is 2.42 bits per heavy atom. The Kier molecular flexibility index (Phi) is 5.81. The molecule has 0 aromatic heterocycles. The molecule has 0 aliphatic heterocycles. The van der Waals surface area contributed by atoms with Crippen LogP contribution in [0, 0.1) is 57.2 Å². The number of Topliss-reactive ketones (excluding diaryl/α,β-unsaturated/α-hetero) is 1. The maximum Gasteiger partial charge on any atom is 0.134 e. The maximum atomic E-state index is 12.3. The summed E-state index contributed by atoms with van der Waals surface area (Å²) in [4.78, 5) is 12.3. The van der Waals surface area contributed by atoms with Crippen molar-refractivity contribution in [3.05, 3.63) is 23.3 Å². The summed E-state index contributed by atoms with van der Waals surface area (Å²) >= 11 is 0. The van der Waals surface area contributed by atoms with Gasteiger partial charge in [-0.1, -0.05) is 64.8 Å². The van der Waals surface area contributed by atoms with Crippen molar-refractivity contribution < 1.29 is 4.79 Å². The Balaban J connectivity index is 1.63. The highest BCUT2D eigenvalue weighted by Crippen LogP contribution is 2.68. The van der Waals surface area contributed by atoms with Crippen molar-refractivity contribution in [3.63, 3.8) is 0 Å². The van der Waals surface area contributed by atoms with E-state index in [1.165, 1.54) is 19.3 Å². The van der Waals surface area contributed by atoms with Gasteiger partial charge in [0.1, 0.15) is 5.78 Å². The predicted octanol–water partition coefficient (Wildman–Crippen LogP) is 7.66. The molecule has 0 amide bonds. The van der Waals surface area contributed by atoms with E-state index in [1.54, 1.807) is 11.1 Å². The summed E-state index contributed by atoms with van der Waals surface area (Å²) in [6.07, 6.45) is 14.0. The largest absolute Gasteiger partial charge is 0.300 e. The van der Waals surface area contributed by atoms with Crippen LogP contribution in [0.3, 0.4) is 0 Å². The van der Waals surface area contributed by atoms with Crippen molar-refractivity contribution in [2.75, 3.05) is 0 Å². The van der Waals surface area contributed by atoms with Crippen molar-refractivity contribution in [1.29, 1.82) is 5.26 Å². The molecule has 1 unspecified atom stereocenters. The molecular weight excluding hydrogens is 378 g/mol. The minimum atomic E-state index is -0.448. The summed E-state index contributed by atoms with van der Waals surface area (Å²) in [5, 5.41) is 10.2. The molecule has 0 bridgehead atoms. The number of carbonyl (C=O) groups excluding carboxylic acids is 1. The topological polar surface area (TPSA) is 40.9 Å². The molecule has 4 rings (SSSR count). The fourth-order valence-corrected chi connectivity index (χ4v) is 8.11. The van der Waals surface area contributed by atoms with Gasteiger partial charge in [-0.15, -0.1) is 0 Å². The van der Waals surface area contributed by atoms with Crippen molar-refractivity contribution in [3.8, 4) is 6.07 Å². The minimum absolute atomic E-state index is 0.0825. The number of hydrogen-bond acceptors (Lipinski definition) is 2. The first-order valence-electron chi connectivity index (χ1n) is 12.9. The van der Waals surface area contributed by atoms with E-state index in [4.69, 9.17) is 0 Å². The first kappa shape index (κ1) is 22.8. The molecule has 0 spiro atoms. The summed E-state index contributed by atoms with van der Waals surface area (Å²) in [7, 11) is 0. The van der Waals surface area contributed by atoms with Crippen LogP contribution in [-0.2, 0) is 4.79 Å². The Labute approximate surface area is 190 Å². The van der Waals surface area contributed by atoms with Gasteiger partial charge in [-0.3, -0.25) is 4.79 Å². The number of allylic oxidation sites excluding steroid dienone is 4. The maximum absolute atomic E-state index is 12.3. The normalized spacial score (nSPS) is 42.2. The van der Waals surface area contributed by atoms with Crippen LogP contribution in [0.4, 0.5) is 0 Å². The molecule has 7 atom stereocenters. The molecule has 2 fully saturated rings. The number of rotatable bonds is 4. The van der Waals surface area contributed by atoms with E-state index in [2.05, 4.69) is 59.8 Å². The molecule has 0 N–H and O–H groups in total. The smallest absolute Gasteiger partial charge is 0.134 e. The van der Waals surface area contributed by atoms with Crippen LogP contribution in [0.1, 0.15) is 99.3 Å². The van der Waals surface area contributed by atoms with Crippen LogP contribution in [0.2, 0.25) is 0 Å². The Morgan fingerprint density at radius 2 is 1.74 bits per heavy atom. The van der Waals surface area contributed by atoms with Gasteiger partial charge in [0.15, 0.2) is 0 Å². The summed E-state index contributed by atoms with van der Waals surface area (Å²) in [6, 6.07) is 2.69. The van der Waals surface area contributed by atoms with E-state index >= 15 is 0 Å².